The molecule has 1 N–H and O–H groups in total. The van der Waals surface area contributed by atoms with Crippen molar-refractivity contribution in [2.75, 3.05) is 26.2 Å². The van der Waals surface area contributed by atoms with Crippen LogP contribution in [0.4, 0.5) is 0 Å². The average Bonchev–Trinajstić information content (AvgIpc) is 3.23. The van der Waals surface area contributed by atoms with Gasteiger partial charge in [-0.15, -0.1) is 0 Å². The van der Waals surface area contributed by atoms with Crippen molar-refractivity contribution in [1.29, 1.82) is 0 Å². The smallest absolute Gasteiger partial charge is 0.244 e. The Morgan fingerprint density at radius 2 is 1.76 bits per heavy atom. The number of nitrogens with zero attached hydrogens (tertiary/aromatic N) is 4. The summed E-state index contributed by atoms with van der Waals surface area (Å²) in [4.78, 5) is 21.8. The van der Waals surface area contributed by atoms with Gasteiger partial charge in [-0.1, -0.05) is 42.4 Å². The lowest BCUT2D eigenvalue weighted by molar-refractivity contribution is -0.128. The highest BCUT2D eigenvalue weighted by atomic mass is 16.5. The van der Waals surface area contributed by atoms with Crippen LogP contribution >= 0.6 is 0 Å². The standard InChI is InChI=1S/C22H33N5O2/c1-6-22(4,5)24-20(28)16(2)26-12-14-27(15-13-26)17(3)21-23-19(25-29-21)18-10-8-7-9-11-18/h7-11,16-17H,6,12-15H2,1-5H3,(H,24,28). The highest BCUT2D eigenvalue weighted by molar-refractivity contribution is 5.82. The number of piperazine rings is 1. The lowest BCUT2D eigenvalue weighted by atomic mass is 10.0. The van der Waals surface area contributed by atoms with Crippen LogP contribution in [0.1, 0.15) is 53.0 Å². The predicted molar refractivity (Wildman–Crippen MR) is 113 cm³/mol. The minimum atomic E-state index is -0.171. The highest BCUT2D eigenvalue weighted by Crippen LogP contribution is 2.24. The van der Waals surface area contributed by atoms with E-state index in [9.17, 15) is 4.79 Å². The molecule has 0 spiro atoms. The first kappa shape index (κ1) is 21.5. The number of aromatic nitrogens is 2. The van der Waals surface area contributed by atoms with Gasteiger partial charge in [0.25, 0.3) is 0 Å². The lowest BCUT2D eigenvalue weighted by Gasteiger charge is -2.39. The fourth-order valence-electron chi connectivity index (χ4n) is 3.47. The largest absolute Gasteiger partial charge is 0.350 e. The maximum absolute atomic E-state index is 12.6. The van der Waals surface area contributed by atoms with Crippen LogP contribution in [0.15, 0.2) is 34.9 Å². The molecule has 0 saturated carbocycles. The zero-order chi connectivity index (χ0) is 21.0. The molecule has 3 rings (SSSR count). The van der Waals surface area contributed by atoms with Gasteiger partial charge in [0.15, 0.2) is 0 Å². The number of nitrogens with one attached hydrogen (secondary N) is 1. The summed E-state index contributed by atoms with van der Waals surface area (Å²) >= 11 is 0. The van der Waals surface area contributed by atoms with Crippen molar-refractivity contribution in [1.82, 2.24) is 25.3 Å². The quantitative estimate of drug-likeness (QED) is 0.771. The van der Waals surface area contributed by atoms with Crippen molar-refractivity contribution in [2.24, 2.45) is 0 Å². The first-order valence-electron chi connectivity index (χ1n) is 10.5. The molecule has 1 fully saturated rings. The Kier molecular flexibility index (Phi) is 6.70. The van der Waals surface area contributed by atoms with Crippen molar-refractivity contribution < 1.29 is 9.32 Å². The molecule has 2 atom stereocenters. The minimum Gasteiger partial charge on any atom is -0.350 e. The van der Waals surface area contributed by atoms with E-state index < -0.39 is 0 Å². The monoisotopic (exact) mass is 399 g/mol. The number of hydrogen-bond donors (Lipinski definition) is 1. The maximum Gasteiger partial charge on any atom is 0.244 e. The molecule has 1 aliphatic heterocycles. The van der Waals surface area contributed by atoms with Gasteiger partial charge < -0.3 is 9.84 Å². The molecular formula is C22H33N5O2. The van der Waals surface area contributed by atoms with E-state index in [2.05, 4.69) is 53.0 Å². The molecule has 1 aromatic carbocycles. The zero-order valence-corrected chi connectivity index (χ0v) is 18.2. The molecule has 0 radical (unpaired) electrons. The van der Waals surface area contributed by atoms with Crippen molar-refractivity contribution >= 4 is 5.91 Å². The molecule has 1 aromatic heterocycles. The second kappa shape index (κ2) is 9.05. The molecule has 2 heterocycles. The molecule has 0 bridgehead atoms. The fraction of sp³-hybridized carbons (Fsp3) is 0.591. The van der Waals surface area contributed by atoms with Crippen LogP contribution in [0.2, 0.25) is 0 Å². The number of rotatable bonds is 7. The number of carbonyl (C=O) groups excluding carboxylic acids is 1. The third kappa shape index (κ3) is 5.22. The van der Waals surface area contributed by atoms with E-state index >= 15 is 0 Å². The summed E-state index contributed by atoms with van der Waals surface area (Å²) in [5.41, 5.74) is 0.783. The molecule has 1 aliphatic rings. The molecule has 2 aromatic rings. The zero-order valence-electron chi connectivity index (χ0n) is 18.2. The van der Waals surface area contributed by atoms with Crippen molar-refractivity contribution in [2.45, 2.75) is 58.7 Å². The second-order valence-corrected chi connectivity index (χ2v) is 8.47. The summed E-state index contributed by atoms with van der Waals surface area (Å²) in [6.07, 6.45) is 0.909. The molecule has 29 heavy (non-hydrogen) atoms. The van der Waals surface area contributed by atoms with E-state index in [4.69, 9.17) is 4.52 Å². The molecule has 1 saturated heterocycles. The van der Waals surface area contributed by atoms with Gasteiger partial charge in [0.05, 0.1) is 12.1 Å². The Bertz CT molecular complexity index is 797. The van der Waals surface area contributed by atoms with Crippen LogP contribution in [0, 0.1) is 0 Å². The first-order valence-corrected chi connectivity index (χ1v) is 10.5. The van der Waals surface area contributed by atoms with Gasteiger partial charge in [-0.05, 0) is 34.1 Å². The molecular weight excluding hydrogens is 366 g/mol. The maximum atomic E-state index is 12.6. The van der Waals surface area contributed by atoms with Crippen LogP contribution in [0.25, 0.3) is 11.4 Å². The summed E-state index contributed by atoms with van der Waals surface area (Å²) in [5.74, 6) is 1.35. The van der Waals surface area contributed by atoms with Gasteiger partial charge >= 0.3 is 0 Å². The van der Waals surface area contributed by atoms with E-state index in [1.54, 1.807) is 0 Å². The van der Waals surface area contributed by atoms with Crippen LogP contribution in [-0.2, 0) is 4.79 Å². The predicted octanol–water partition coefficient (Wildman–Crippen LogP) is 3.11. The van der Waals surface area contributed by atoms with Crippen LogP contribution in [-0.4, -0.2) is 63.6 Å². The summed E-state index contributed by atoms with van der Waals surface area (Å²) in [6.45, 7) is 13.7. The van der Waals surface area contributed by atoms with Crippen LogP contribution in [0.3, 0.4) is 0 Å². The molecule has 7 heteroatoms. The van der Waals surface area contributed by atoms with E-state index in [-0.39, 0.29) is 23.5 Å². The van der Waals surface area contributed by atoms with Crippen LogP contribution < -0.4 is 5.32 Å². The average molecular weight is 400 g/mol. The van der Waals surface area contributed by atoms with Gasteiger partial charge in [0, 0.05) is 37.3 Å². The van der Waals surface area contributed by atoms with E-state index in [0.717, 1.165) is 38.2 Å². The van der Waals surface area contributed by atoms with Gasteiger partial charge in [-0.3, -0.25) is 14.6 Å². The molecule has 1 amide bonds. The lowest BCUT2D eigenvalue weighted by Crippen LogP contribution is -2.56. The van der Waals surface area contributed by atoms with Gasteiger partial charge in [-0.2, -0.15) is 4.98 Å². The van der Waals surface area contributed by atoms with Crippen molar-refractivity contribution in [3.63, 3.8) is 0 Å². The Morgan fingerprint density at radius 3 is 2.38 bits per heavy atom. The SMILES string of the molecule is CCC(C)(C)NC(=O)C(C)N1CCN(C(C)c2nc(-c3ccccc3)no2)CC1. The number of hydrogen-bond acceptors (Lipinski definition) is 6. The van der Waals surface area contributed by atoms with Gasteiger partial charge in [0.2, 0.25) is 17.6 Å². The molecule has 7 nitrogen and oxygen atoms in total. The first-order chi connectivity index (χ1) is 13.8. The van der Waals surface area contributed by atoms with Crippen molar-refractivity contribution in [3.05, 3.63) is 36.2 Å². The Balaban J connectivity index is 1.55. The normalized spacial score (nSPS) is 18.4. The topological polar surface area (TPSA) is 74.5 Å². The third-order valence-corrected chi connectivity index (χ3v) is 6.00. The highest BCUT2D eigenvalue weighted by Gasteiger charge is 2.31. The number of amides is 1. The number of benzene rings is 1. The Labute approximate surface area is 173 Å². The summed E-state index contributed by atoms with van der Waals surface area (Å²) in [7, 11) is 0. The molecule has 0 aliphatic carbocycles. The summed E-state index contributed by atoms with van der Waals surface area (Å²) in [6, 6.07) is 9.77. The van der Waals surface area contributed by atoms with E-state index in [1.807, 2.05) is 37.3 Å². The molecule has 2 unspecified atom stereocenters. The fourth-order valence-corrected chi connectivity index (χ4v) is 3.47. The minimum absolute atomic E-state index is 0.0465. The van der Waals surface area contributed by atoms with Gasteiger partial charge in [-0.25, -0.2) is 0 Å². The summed E-state index contributed by atoms with van der Waals surface area (Å²) < 4.78 is 5.53. The second-order valence-electron chi connectivity index (χ2n) is 8.47. The third-order valence-electron chi connectivity index (χ3n) is 6.00. The van der Waals surface area contributed by atoms with E-state index in [1.165, 1.54) is 0 Å². The number of carbonyl (C=O) groups is 1. The van der Waals surface area contributed by atoms with E-state index in [0.29, 0.717) is 11.7 Å². The summed E-state index contributed by atoms with van der Waals surface area (Å²) in [5, 5.41) is 7.29. The van der Waals surface area contributed by atoms with Crippen LogP contribution in [0.5, 0.6) is 0 Å². The Morgan fingerprint density at radius 1 is 1.14 bits per heavy atom. The van der Waals surface area contributed by atoms with Crippen molar-refractivity contribution in [3.8, 4) is 11.4 Å². The Hall–Kier alpha value is -2.25. The molecule has 158 valence electrons. The van der Waals surface area contributed by atoms with Gasteiger partial charge in [0.1, 0.15) is 0 Å².